The predicted molar refractivity (Wildman–Crippen MR) is 78.2 cm³/mol. The zero-order chi connectivity index (χ0) is 13.0. The van der Waals surface area contributed by atoms with E-state index in [0.29, 0.717) is 5.92 Å². The molecule has 0 heteroatoms. The van der Waals surface area contributed by atoms with E-state index in [2.05, 4.69) is 70.2 Å². The SMILES string of the molecule is CC1=C2C=CC3(CC(C)C)C=CC(=CC=C1)C23C. The quantitative estimate of drug-likeness (QED) is 0.636. The normalized spacial score (nSPS) is 36.4. The summed E-state index contributed by atoms with van der Waals surface area (Å²) >= 11 is 0. The van der Waals surface area contributed by atoms with Gasteiger partial charge in [0.05, 0.1) is 0 Å². The Kier molecular flexibility index (Phi) is 2.35. The van der Waals surface area contributed by atoms with Gasteiger partial charge in [-0.05, 0) is 36.0 Å². The molecule has 18 heavy (non-hydrogen) atoms. The molecule has 0 aromatic rings. The molecule has 0 N–H and O–H groups in total. The van der Waals surface area contributed by atoms with Crippen molar-refractivity contribution in [2.45, 2.75) is 34.1 Å². The number of rotatable bonds is 2. The first-order valence-electron chi connectivity index (χ1n) is 6.98. The van der Waals surface area contributed by atoms with E-state index in [4.69, 9.17) is 0 Å². The van der Waals surface area contributed by atoms with Crippen molar-refractivity contribution in [3.05, 3.63) is 59.3 Å². The lowest BCUT2D eigenvalue weighted by Gasteiger charge is -2.41. The minimum atomic E-state index is 0.158. The van der Waals surface area contributed by atoms with Crippen LogP contribution in [-0.4, -0.2) is 0 Å². The summed E-state index contributed by atoms with van der Waals surface area (Å²) in [4.78, 5) is 0. The molecule has 2 unspecified atom stereocenters. The van der Waals surface area contributed by atoms with Crippen LogP contribution in [-0.2, 0) is 0 Å². The minimum Gasteiger partial charge on any atom is -0.0730 e. The van der Waals surface area contributed by atoms with E-state index in [9.17, 15) is 0 Å². The minimum absolute atomic E-state index is 0.158. The van der Waals surface area contributed by atoms with Crippen LogP contribution in [0.4, 0.5) is 0 Å². The molecule has 0 amide bonds. The fraction of sp³-hybridized carbons (Fsp3) is 0.444. The summed E-state index contributed by atoms with van der Waals surface area (Å²) in [6.07, 6.45) is 17.6. The first kappa shape index (κ1) is 11.8. The van der Waals surface area contributed by atoms with Crippen LogP contribution in [0.1, 0.15) is 34.1 Å². The first-order chi connectivity index (χ1) is 8.49. The molecule has 3 aliphatic carbocycles. The average molecular weight is 238 g/mol. The number of hydrogen-bond acceptors (Lipinski definition) is 0. The number of hydrogen-bond donors (Lipinski definition) is 0. The van der Waals surface area contributed by atoms with Crippen LogP contribution in [0.2, 0.25) is 0 Å². The maximum atomic E-state index is 2.45. The highest BCUT2D eigenvalue weighted by molar-refractivity contribution is 5.61. The zero-order valence-corrected chi connectivity index (χ0v) is 11.8. The van der Waals surface area contributed by atoms with E-state index < -0.39 is 0 Å². The van der Waals surface area contributed by atoms with Gasteiger partial charge in [-0.15, -0.1) is 0 Å². The molecule has 0 aliphatic heterocycles. The molecule has 94 valence electrons. The van der Waals surface area contributed by atoms with Gasteiger partial charge in [-0.25, -0.2) is 0 Å². The summed E-state index contributed by atoms with van der Waals surface area (Å²) in [5.41, 5.74) is 4.75. The maximum Gasteiger partial charge on any atom is 0.0302 e. The molecule has 0 aromatic heterocycles. The lowest BCUT2D eigenvalue weighted by Crippen LogP contribution is -2.34. The summed E-state index contributed by atoms with van der Waals surface area (Å²) in [5.74, 6) is 0.714. The Hall–Kier alpha value is -1.30. The monoisotopic (exact) mass is 238 g/mol. The third-order valence-corrected chi connectivity index (χ3v) is 4.95. The fourth-order valence-electron chi connectivity index (χ4n) is 4.02. The van der Waals surface area contributed by atoms with Gasteiger partial charge >= 0.3 is 0 Å². The summed E-state index contributed by atoms with van der Waals surface area (Å²) in [6.45, 7) is 9.31. The molecule has 3 rings (SSSR count). The Balaban J connectivity index is 2.21. The molecule has 0 saturated carbocycles. The Labute approximate surface area is 110 Å². The Morgan fingerprint density at radius 2 is 1.83 bits per heavy atom. The Bertz CT molecular complexity index is 536. The highest BCUT2D eigenvalue weighted by atomic mass is 14.6. The van der Waals surface area contributed by atoms with E-state index in [1.165, 1.54) is 23.1 Å². The van der Waals surface area contributed by atoms with Crippen LogP contribution >= 0.6 is 0 Å². The van der Waals surface area contributed by atoms with Gasteiger partial charge in [-0.2, -0.15) is 0 Å². The van der Waals surface area contributed by atoms with Gasteiger partial charge in [-0.1, -0.05) is 63.3 Å². The third kappa shape index (κ3) is 1.27. The number of allylic oxidation sites excluding steroid dienone is 10. The van der Waals surface area contributed by atoms with Crippen molar-refractivity contribution in [1.29, 1.82) is 0 Å². The molecule has 2 atom stereocenters. The van der Waals surface area contributed by atoms with Gasteiger partial charge in [0.2, 0.25) is 0 Å². The van der Waals surface area contributed by atoms with Crippen molar-refractivity contribution in [3.8, 4) is 0 Å². The third-order valence-electron chi connectivity index (χ3n) is 4.95. The van der Waals surface area contributed by atoms with Crippen LogP contribution in [0.5, 0.6) is 0 Å². The highest BCUT2D eigenvalue weighted by Gasteiger charge is 2.55. The molecule has 0 nitrogen and oxygen atoms in total. The van der Waals surface area contributed by atoms with Crippen LogP contribution in [0.25, 0.3) is 0 Å². The van der Waals surface area contributed by atoms with E-state index in [1.54, 1.807) is 0 Å². The molecule has 0 bridgehead atoms. The molecule has 0 saturated heterocycles. The Morgan fingerprint density at radius 1 is 1.11 bits per heavy atom. The standard InChI is InChI=1S/C18H22/c1-13(2)12-18-10-8-15-7-5-6-14(3)16(9-11-18)17(15,18)4/h5-11,13H,12H2,1-4H3. The van der Waals surface area contributed by atoms with Gasteiger partial charge in [0, 0.05) is 10.8 Å². The topological polar surface area (TPSA) is 0 Å². The maximum absolute atomic E-state index is 2.45. The van der Waals surface area contributed by atoms with Crippen molar-refractivity contribution in [2.75, 3.05) is 0 Å². The van der Waals surface area contributed by atoms with Crippen LogP contribution in [0.3, 0.4) is 0 Å². The van der Waals surface area contributed by atoms with Crippen LogP contribution in [0.15, 0.2) is 59.3 Å². The van der Waals surface area contributed by atoms with Crippen molar-refractivity contribution in [1.82, 2.24) is 0 Å². The average Bonchev–Trinajstić information content (AvgIpc) is 2.64. The molecule has 3 aliphatic rings. The Morgan fingerprint density at radius 3 is 2.56 bits per heavy atom. The predicted octanol–water partition coefficient (Wildman–Crippen LogP) is 4.98. The van der Waals surface area contributed by atoms with Crippen molar-refractivity contribution < 1.29 is 0 Å². The van der Waals surface area contributed by atoms with Gasteiger partial charge in [0.15, 0.2) is 0 Å². The zero-order valence-electron chi connectivity index (χ0n) is 11.8. The molecular formula is C18H22. The summed E-state index contributed by atoms with van der Waals surface area (Å²) in [6, 6.07) is 0. The second kappa shape index (κ2) is 3.60. The van der Waals surface area contributed by atoms with E-state index in [0.717, 1.165) is 0 Å². The van der Waals surface area contributed by atoms with Gasteiger partial charge in [-0.3, -0.25) is 0 Å². The van der Waals surface area contributed by atoms with Gasteiger partial charge in [0.1, 0.15) is 0 Å². The van der Waals surface area contributed by atoms with Gasteiger partial charge in [0.25, 0.3) is 0 Å². The lowest BCUT2D eigenvalue weighted by molar-refractivity contribution is 0.243. The van der Waals surface area contributed by atoms with E-state index in [1.807, 2.05) is 0 Å². The highest BCUT2D eigenvalue weighted by Crippen LogP contribution is 2.64. The summed E-state index contributed by atoms with van der Waals surface area (Å²) in [5, 5.41) is 0. The molecule has 0 heterocycles. The van der Waals surface area contributed by atoms with Gasteiger partial charge < -0.3 is 0 Å². The summed E-state index contributed by atoms with van der Waals surface area (Å²) in [7, 11) is 0. The van der Waals surface area contributed by atoms with E-state index in [-0.39, 0.29) is 10.8 Å². The largest absolute Gasteiger partial charge is 0.0730 e. The van der Waals surface area contributed by atoms with Crippen molar-refractivity contribution in [3.63, 3.8) is 0 Å². The van der Waals surface area contributed by atoms with Crippen LogP contribution in [0, 0.1) is 16.7 Å². The molecule has 0 aromatic carbocycles. The molecule has 0 fully saturated rings. The molecule has 0 radical (unpaired) electrons. The van der Waals surface area contributed by atoms with E-state index >= 15 is 0 Å². The summed E-state index contributed by atoms with van der Waals surface area (Å²) < 4.78 is 0. The first-order valence-corrected chi connectivity index (χ1v) is 6.98. The second-order valence-electron chi connectivity index (χ2n) is 6.51. The lowest BCUT2D eigenvalue weighted by atomic mass is 9.61. The van der Waals surface area contributed by atoms with Crippen molar-refractivity contribution >= 4 is 0 Å². The van der Waals surface area contributed by atoms with Crippen LogP contribution < -0.4 is 0 Å². The fourth-order valence-corrected chi connectivity index (χ4v) is 4.02. The molecule has 0 spiro atoms. The second-order valence-corrected chi connectivity index (χ2v) is 6.51. The molecular weight excluding hydrogens is 216 g/mol. The smallest absolute Gasteiger partial charge is 0.0302 e. The van der Waals surface area contributed by atoms with Crippen molar-refractivity contribution in [2.24, 2.45) is 16.7 Å².